The minimum atomic E-state index is -4.61. The van der Waals surface area contributed by atoms with Crippen molar-refractivity contribution in [3.05, 3.63) is 101 Å². The molecule has 3 amide bonds. The Morgan fingerprint density at radius 1 is 0.913 bits per heavy atom. The third-order valence-corrected chi connectivity index (χ3v) is 7.88. The summed E-state index contributed by atoms with van der Waals surface area (Å²) >= 11 is 0. The van der Waals surface area contributed by atoms with Gasteiger partial charge in [0.15, 0.2) is 0 Å². The monoisotopic (exact) mass is 629 g/mol. The quantitative estimate of drug-likeness (QED) is 0.175. The number of nitrogens with zero attached hydrogens (tertiary/aromatic N) is 2. The third kappa shape index (κ3) is 6.59. The maximum absolute atomic E-state index is 13.8. The summed E-state index contributed by atoms with van der Waals surface area (Å²) in [5, 5.41) is 8.77. The smallest absolute Gasteiger partial charge is 0.369 e. The van der Waals surface area contributed by atoms with Gasteiger partial charge in [0.25, 0.3) is 11.8 Å². The second-order valence-electron chi connectivity index (χ2n) is 11.2. The fourth-order valence-corrected chi connectivity index (χ4v) is 5.41. The van der Waals surface area contributed by atoms with Crippen molar-refractivity contribution < 1.29 is 27.6 Å². The molecule has 1 fully saturated rings. The Hall–Kier alpha value is -5.56. The number of primary amides is 1. The molecule has 13 heteroatoms. The molecule has 0 unspecified atom stereocenters. The number of nitrogens with two attached hydrogens (primary N) is 1. The highest BCUT2D eigenvalue weighted by molar-refractivity contribution is 6.35. The van der Waals surface area contributed by atoms with Crippen molar-refractivity contribution in [2.75, 3.05) is 54.1 Å². The molecule has 10 nitrogen and oxygen atoms in total. The molecule has 236 valence electrons. The number of carbonyl (C=O) groups is 3. The van der Waals surface area contributed by atoms with Gasteiger partial charge in [-0.15, -0.1) is 0 Å². The summed E-state index contributed by atoms with van der Waals surface area (Å²) in [7, 11) is 1.96. The van der Waals surface area contributed by atoms with E-state index in [1.807, 2.05) is 11.9 Å². The highest BCUT2D eigenvalue weighted by atomic mass is 19.4. The molecule has 6 N–H and O–H groups in total. The molecule has 6 rings (SSSR count). The van der Waals surface area contributed by atoms with Crippen LogP contribution in [0.5, 0.6) is 0 Å². The number of H-pyrrole nitrogens is 1. The van der Waals surface area contributed by atoms with Crippen molar-refractivity contribution in [3.8, 4) is 0 Å². The summed E-state index contributed by atoms with van der Waals surface area (Å²) < 4.78 is 41.3. The van der Waals surface area contributed by atoms with Gasteiger partial charge in [-0.25, -0.2) is 0 Å². The van der Waals surface area contributed by atoms with Gasteiger partial charge < -0.3 is 36.5 Å². The predicted molar refractivity (Wildman–Crippen MR) is 171 cm³/mol. The average Bonchev–Trinajstić information content (AvgIpc) is 3.61. The van der Waals surface area contributed by atoms with E-state index < -0.39 is 23.6 Å². The molecule has 0 radical (unpaired) electrons. The van der Waals surface area contributed by atoms with Crippen molar-refractivity contribution >= 4 is 57.8 Å². The highest BCUT2D eigenvalue weighted by Gasteiger charge is 2.33. The van der Waals surface area contributed by atoms with E-state index in [9.17, 15) is 27.6 Å². The zero-order valence-electron chi connectivity index (χ0n) is 24.7. The maximum atomic E-state index is 13.8. The average molecular weight is 630 g/mol. The van der Waals surface area contributed by atoms with Crippen LogP contribution >= 0.6 is 0 Å². The van der Waals surface area contributed by atoms with Gasteiger partial charge in [0, 0.05) is 71.9 Å². The molecule has 2 aliphatic heterocycles. The lowest BCUT2D eigenvalue weighted by Gasteiger charge is -2.34. The number of amides is 3. The van der Waals surface area contributed by atoms with E-state index in [0.717, 1.165) is 12.1 Å². The highest BCUT2D eigenvalue weighted by Crippen LogP contribution is 2.36. The first kappa shape index (κ1) is 30.5. The molecule has 3 aromatic carbocycles. The fourth-order valence-electron chi connectivity index (χ4n) is 5.41. The Morgan fingerprint density at radius 3 is 2.37 bits per heavy atom. The molecule has 46 heavy (non-hydrogen) atoms. The molecule has 0 bridgehead atoms. The van der Waals surface area contributed by atoms with Crippen LogP contribution in [0.2, 0.25) is 0 Å². The number of carbonyl (C=O) groups excluding carboxylic acids is 3. The molecular formula is C33H30F3N7O3. The molecule has 4 aromatic rings. The molecule has 2 aliphatic rings. The Morgan fingerprint density at radius 2 is 1.65 bits per heavy atom. The number of aromatic nitrogens is 1. The van der Waals surface area contributed by atoms with E-state index in [4.69, 9.17) is 5.73 Å². The number of halogens is 3. The number of aromatic amines is 1. The molecule has 0 saturated carbocycles. The number of alkyl halides is 3. The number of piperazine rings is 1. The Bertz CT molecular complexity index is 1870. The second kappa shape index (κ2) is 12.1. The van der Waals surface area contributed by atoms with Gasteiger partial charge in [-0.1, -0.05) is 12.1 Å². The van der Waals surface area contributed by atoms with E-state index in [2.05, 4.69) is 25.8 Å². The molecule has 1 aromatic heterocycles. The van der Waals surface area contributed by atoms with Gasteiger partial charge in [0.2, 0.25) is 5.91 Å². The van der Waals surface area contributed by atoms with Crippen molar-refractivity contribution in [2.24, 2.45) is 5.73 Å². The van der Waals surface area contributed by atoms with Crippen LogP contribution < -0.4 is 26.6 Å². The number of rotatable bonds is 7. The minimum Gasteiger partial charge on any atom is -0.369 e. The number of likely N-dealkylation sites (N-methyl/N-ethyl adjacent to an activating group) is 1. The molecule has 1 saturated heterocycles. The van der Waals surface area contributed by atoms with E-state index in [-0.39, 0.29) is 11.5 Å². The maximum Gasteiger partial charge on any atom is 0.416 e. The second-order valence-corrected chi connectivity index (χ2v) is 11.2. The Labute approximate surface area is 262 Å². The van der Waals surface area contributed by atoms with Crippen LogP contribution in [0.15, 0.2) is 72.9 Å². The van der Waals surface area contributed by atoms with E-state index >= 15 is 0 Å². The van der Waals surface area contributed by atoms with Crippen molar-refractivity contribution in [1.29, 1.82) is 0 Å². The SMILES string of the molecule is CN1CCN(c2cc(C(=O)Nc3cccc(Nc4ccc5c(c4)NC(=O)C5=Cc4cc(C(N)=O)c[nH]4)c3)cc(C(F)(F)F)c2)CC1. The van der Waals surface area contributed by atoms with Crippen molar-refractivity contribution in [1.82, 2.24) is 9.88 Å². The minimum absolute atomic E-state index is 0.0921. The molecular weight excluding hydrogens is 599 g/mol. The number of hydrogen-bond acceptors (Lipinski definition) is 6. The summed E-state index contributed by atoms with van der Waals surface area (Å²) in [5.41, 5.74) is 8.83. The van der Waals surface area contributed by atoms with Crippen LogP contribution in [0.3, 0.4) is 0 Å². The molecule has 0 aliphatic carbocycles. The fraction of sp³-hybridized carbons (Fsp3) is 0.182. The van der Waals surface area contributed by atoms with Crippen LogP contribution in [0.1, 0.15) is 37.5 Å². The Balaban J connectivity index is 1.18. The third-order valence-electron chi connectivity index (χ3n) is 7.88. The van der Waals surface area contributed by atoms with Gasteiger partial charge in [0.05, 0.1) is 22.4 Å². The topological polar surface area (TPSA) is 136 Å². The number of hydrogen-bond donors (Lipinski definition) is 5. The zero-order valence-corrected chi connectivity index (χ0v) is 24.7. The van der Waals surface area contributed by atoms with Gasteiger partial charge in [0.1, 0.15) is 0 Å². The van der Waals surface area contributed by atoms with Crippen LogP contribution in [0.4, 0.5) is 41.6 Å². The first-order valence-electron chi connectivity index (χ1n) is 14.4. The standard InChI is InChI=1S/C33H30F3N7O3/c1-42-7-9-43(10-8-42)26-13-19(11-21(14-26)33(34,35)36)31(45)40-23-4-2-3-22(15-23)39-24-5-6-27-28(32(46)41-29(27)17-24)16-25-12-20(18-38-25)30(37)44/h2-6,11-18,38-39H,7-10H2,1H3,(H2,37,44)(H,40,45)(H,41,46). The summed E-state index contributed by atoms with van der Waals surface area (Å²) in [6.07, 6.45) is -1.51. The van der Waals surface area contributed by atoms with E-state index in [1.165, 1.54) is 12.3 Å². The summed E-state index contributed by atoms with van der Waals surface area (Å²) in [5.74, 6) is -1.55. The molecule has 3 heterocycles. The van der Waals surface area contributed by atoms with Gasteiger partial charge in [-0.05, 0) is 67.7 Å². The van der Waals surface area contributed by atoms with Crippen LogP contribution in [-0.4, -0.2) is 60.8 Å². The predicted octanol–water partition coefficient (Wildman–Crippen LogP) is 5.37. The number of anilines is 5. The van der Waals surface area contributed by atoms with Crippen LogP contribution in [-0.2, 0) is 11.0 Å². The van der Waals surface area contributed by atoms with Gasteiger partial charge in [-0.2, -0.15) is 13.2 Å². The van der Waals surface area contributed by atoms with E-state index in [1.54, 1.807) is 54.6 Å². The normalized spacial score (nSPS) is 15.9. The summed E-state index contributed by atoms with van der Waals surface area (Å²) in [6, 6.07) is 17.1. The number of fused-ring (bicyclic) bond motifs is 1. The Kier molecular flexibility index (Phi) is 8.00. The zero-order chi connectivity index (χ0) is 32.6. The molecule has 0 spiro atoms. The number of nitrogens with one attached hydrogen (secondary N) is 4. The lowest BCUT2D eigenvalue weighted by molar-refractivity contribution is -0.137. The summed E-state index contributed by atoms with van der Waals surface area (Å²) in [6.45, 7) is 2.53. The van der Waals surface area contributed by atoms with Gasteiger partial charge in [-0.3, -0.25) is 14.4 Å². The first-order chi connectivity index (χ1) is 21.9. The number of benzene rings is 3. The first-order valence-corrected chi connectivity index (χ1v) is 14.4. The largest absolute Gasteiger partial charge is 0.416 e. The van der Waals surface area contributed by atoms with Crippen LogP contribution in [0, 0.1) is 0 Å². The summed E-state index contributed by atoms with van der Waals surface area (Å²) in [4.78, 5) is 44.2. The lowest BCUT2D eigenvalue weighted by atomic mass is 10.1. The van der Waals surface area contributed by atoms with E-state index in [0.29, 0.717) is 77.0 Å². The lowest BCUT2D eigenvalue weighted by Crippen LogP contribution is -2.44. The van der Waals surface area contributed by atoms with Crippen LogP contribution in [0.25, 0.3) is 11.6 Å². The molecule has 0 atom stereocenters. The van der Waals surface area contributed by atoms with Crippen molar-refractivity contribution in [3.63, 3.8) is 0 Å². The van der Waals surface area contributed by atoms with Crippen molar-refractivity contribution in [2.45, 2.75) is 6.18 Å². The van der Waals surface area contributed by atoms with Gasteiger partial charge >= 0.3 is 6.18 Å².